The lowest BCUT2D eigenvalue weighted by atomic mass is 10.3. The van der Waals surface area contributed by atoms with Crippen LogP contribution in [0.3, 0.4) is 0 Å². The van der Waals surface area contributed by atoms with Crippen LogP contribution in [0.25, 0.3) is 0 Å². The van der Waals surface area contributed by atoms with Gasteiger partial charge in [-0.2, -0.15) is 5.10 Å². The Morgan fingerprint density at radius 2 is 2.06 bits per heavy atom. The number of rotatable bonds is 1. The molecule has 0 unspecified atom stereocenters. The van der Waals surface area contributed by atoms with Crippen LogP contribution in [0.5, 0.6) is 0 Å². The van der Waals surface area contributed by atoms with Crippen LogP contribution in [0.4, 0.5) is 0 Å². The molecule has 1 amide bonds. The van der Waals surface area contributed by atoms with Crippen LogP contribution in [0.2, 0.25) is 0 Å². The first kappa shape index (κ1) is 11.1. The van der Waals surface area contributed by atoms with E-state index in [0.717, 1.165) is 32.6 Å². The summed E-state index contributed by atoms with van der Waals surface area (Å²) in [7, 11) is 3.92. The minimum atomic E-state index is 0.100. The number of likely N-dealkylation sites (N-methyl/N-ethyl adjacent to an activating group) is 1. The first-order chi connectivity index (χ1) is 7.66. The Hall–Kier alpha value is -1.36. The van der Waals surface area contributed by atoms with Gasteiger partial charge in [-0.25, -0.2) is 0 Å². The molecular weight excluding hydrogens is 204 g/mol. The molecule has 88 valence electrons. The summed E-state index contributed by atoms with van der Waals surface area (Å²) in [6, 6.07) is 0. The molecule has 5 nitrogen and oxygen atoms in total. The molecule has 1 aliphatic heterocycles. The second kappa shape index (κ2) is 4.65. The maximum Gasteiger partial charge on any atom is 0.257 e. The van der Waals surface area contributed by atoms with Gasteiger partial charge >= 0.3 is 0 Å². The molecule has 1 fully saturated rings. The molecule has 0 bridgehead atoms. The first-order valence-electron chi connectivity index (χ1n) is 5.63. The van der Waals surface area contributed by atoms with Gasteiger partial charge in [-0.1, -0.05) is 0 Å². The average molecular weight is 222 g/mol. The lowest BCUT2D eigenvalue weighted by Crippen LogP contribution is -2.34. The average Bonchev–Trinajstić information content (AvgIpc) is 2.57. The maximum absolute atomic E-state index is 12.1. The fourth-order valence-electron chi connectivity index (χ4n) is 1.96. The number of aryl methyl sites for hydroxylation is 1. The third-order valence-corrected chi connectivity index (χ3v) is 2.96. The minimum absolute atomic E-state index is 0.100. The van der Waals surface area contributed by atoms with Crippen LogP contribution in [0, 0.1) is 0 Å². The molecule has 2 heterocycles. The van der Waals surface area contributed by atoms with Crippen molar-refractivity contribution in [2.45, 2.75) is 6.42 Å². The highest BCUT2D eigenvalue weighted by atomic mass is 16.2. The van der Waals surface area contributed by atoms with E-state index < -0.39 is 0 Å². The van der Waals surface area contributed by atoms with E-state index in [1.54, 1.807) is 17.1 Å². The minimum Gasteiger partial charge on any atom is -0.337 e. The van der Waals surface area contributed by atoms with Gasteiger partial charge in [-0.15, -0.1) is 0 Å². The van der Waals surface area contributed by atoms with E-state index in [1.807, 2.05) is 11.9 Å². The Labute approximate surface area is 95.6 Å². The van der Waals surface area contributed by atoms with E-state index in [-0.39, 0.29) is 5.91 Å². The summed E-state index contributed by atoms with van der Waals surface area (Å²) in [4.78, 5) is 16.3. The summed E-state index contributed by atoms with van der Waals surface area (Å²) >= 11 is 0. The quantitative estimate of drug-likeness (QED) is 0.681. The molecule has 0 N–H and O–H groups in total. The Balaban J connectivity index is 2.04. The second-order valence-electron chi connectivity index (χ2n) is 4.35. The molecule has 0 saturated carbocycles. The van der Waals surface area contributed by atoms with Crippen molar-refractivity contribution in [2.24, 2.45) is 7.05 Å². The largest absolute Gasteiger partial charge is 0.337 e. The summed E-state index contributed by atoms with van der Waals surface area (Å²) in [5.41, 5.74) is 0.687. The molecule has 0 aromatic carbocycles. The van der Waals surface area contributed by atoms with Gasteiger partial charge in [0.2, 0.25) is 0 Å². The summed E-state index contributed by atoms with van der Waals surface area (Å²) in [5, 5.41) is 4.03. The van der Waals surface area contributed by atoms with E-state index >= 15 is 0 Å². The molecule has 0 aliphatic carbocycles. The highest BCUT2D eigenvalue weighted by Crippen LogP contribution is 2.07. The van der Waals surface area contributed by atoms with Crippen molar-refractivity contribution in [3.63, 3.8) is 0 Å². The van der Waals surface area contributed by atoms with E-state index in [2.05, 4.69) is 17.0 Å². The number of hydrogen-bond acceptors (Lipinski definition) is 3. The van der Waals surface area contributed by atoms with Gasteiger partial charge < -0.3 is 9.80 Å². The van der Waals surface area contributed by atoms with E-state index in [1.165, 1.54) is 0 Å². The standard InChI is InChI=1S/C11H18N4O/c1-13-4-3-5-15(7-6-13)11(16)10-8-12-14(2)9-10/h8-9H,3-7H2,1-2H3. The molecule has 2 rings (SSSR count). The van der Waals surface area contributed by atoms with Crippen LogP contribution in [0.15, 0.2) is 12.4 Å². The summed E-state index contributed by atoms with van der Waals surface area (Å²) in [6.45, 7) is 3.67. The second-order valence-corrected chi connectivity index (χ2v) is 4.35. The molecule has 0 atom stereocenters. The Morgan fingerprint density at radius 1 is 1.25 bits per heavy atom. The molecule has 1 saturated heterocycles. The van der Waals surface area contributed by atoms with Crippen molar-refractivity contribution >= 4 is 5.91 Å². The fourth-order valence-corrected chi connectivity index (χ4v) is 1.96. The molecule has 1 aliphatic rings. The zero-order valence-electron chi connectivity index (χ0n) is 9.89. The number of amides is 1. The van der Waals surface area contributed by atoms with E-state index in [9.17, 15) is 4.79 Å². The number of aromatic nitrogens is 2. The molecule has 16 heavy (non-hydrogen) atoms. The van der Waals surface area contributed by atoms with Gasteiger partial charge in [0.15, 0.2) is 0 Å². The van der Waals surface area contributed by atoms with Crippen LogP contribution in [0.1, 0.15) is 16.8 Å². The predicted molar refractivity (Wildman–Crippen MR) is 61.2 cm³/mol. The monoisotopic (exact) mass is 222 g/mol. The van der Waals surface area contributed by atoms with Crippen LogP contribution < -0.4 is 0 Å². The number of carbonyl (C=O) groups is 1. The van der Waals surface area contributed by atoms with Gasteiger partial charge in [0.1, 0.15) is 0 Å². The van der Waals surface area contributed by atoms with Crippen molar-refractivity contribution in [3.05, 3.63) is 18.0 Å². The smallest absolute Gasteiger partial charge is 0.257 e. The van der Waals surface area contributed by atoms with Crippen LogP contribution in [-0.2, 0) is 7.05 Å². The summed E-state index contributed by atoms with van der Waals surface area (Å²) in [6.07, 6.45) is 4.45. The lowest BCUT2D eigenvalue weighted by Gasteiger charge is -2.19. The number of carbonyl (C=O) groups excluding carboxylic acids is 1. The van der Waals surface area contributed by atoms with Crippen molar-refractivity contribution in [1.29, 1.82) is 0 Å². The normalized spacial score (nSPS) is 18.5. The van der Waals surface area contributed by atoms with Gasteiger partial charge in [0, 0.05) is 32.9 Å². The third kappa shape index (κ3) is 2.41. The number of nitrogens with zero attached hydrogens (tertiary/aromatic N) is 4. The van der Waals surface area contributed by atoms with E-state index in [4.69, 9.17) is 0 Å². The Bertz CT molecular complexity index is 374. The maximum atomic E-state index is 12.1. The van der Waals surface area contributed by atoms with Gasteiger partial charge in [0.05, 0.1) is 11.8 Å². The molecule has 1 aromatic rings. The van der Waals surface area contributed by atoms with Gasteiger partial charge in [-0.05, 0) is 20.0 Å². The summed E-state index contributed by atoms with van der Waals surface area (Å²) in [5.74, 6) is 0.100. The molecule has 0 radical (unpaired) electrons. The lowest BCUT2D eigenvalue weighted by molar-refractivity contribution is 0.0762. The van der Waals surface area contributed by atoms with Gasteiger partial charge in [-0.3, -0.25) is 9.48 Å². The van der Waals surface area contributed by atoms with E-state index in [0.29, 0.717) is 5.56 Å². The van der Waals surface area contributed by atoms with Gasteiger partial charge in [0.25, 0.3) is 5.91 Å². The van der Waals surface area contributed by atoms with Crippen LogP contribution >= 0.6 is 0 Å². The van der Waals surface area contributed by atoms with Crippen molar-refractivity contribution in [2.75, 3.05) is 33.2 Å². The van der Waals surface area contributed by atoms with Crippen molar-refractivity contribution in [3.8, 4) is 0 Å². The third-order valence-electron chi connectivity index (χ3n) is 2.96. The van der Waals surface area contributed by atoms with Crippen LogP contribution in [-0.4, -0.2) is 58.7 Å². The predicted octanol–water partition coefficient (Wildman–Crippen LogP) is 0.198. The van der Waals surface area contributed by atoms with Crippen molar-refractivity contribution < 1.29 is 4.79 Å². The Morgan fingerprint density at radius 3 is 2.75 bits per heavy atom. The zero-order chi connectivity index (χ0) is 11.5. The topological polar surface area (TPSA) is 41.4 Å². The SMILES string of the molecule is CN1CCCN(C(=O)c2cnn(C)c2)CC1. The van der Waals surface area contributed by atoms with Crippen molar-refractivity contribution in [1.82, 2.24) is 19.6 Å². The zero-order valence-corrected chi connectivity index (χ0v) is 9.89. The highest BCUT2D eigenvalue weighted by molar-refractivity contribution is 5.93. The Kier molecular flexibility index (Phi) is 3.24. The molecule has 1 aromatic heterocycles. The number of hydrogen-bond donors (Lipinski definition) is 0. The molecule has 5 heteroatoms. The molecular formula is C11H18N4O. The summed E-state index contributed by atoms with van der Waals surface area (Å²) < 4.78 is 1.66. The fraction of sp³-hybridized carbons (Fsp3) is 0.636. The highest BCUT2D eigenvalue weighted by Gasteiger charge is 2.19. The first-order valence-corrected chi connectivity index (χ1v) is 5.63. The molecule has 0 spiro atoms.